The first-order valence-corrected chi connectivity index (χ1v) is 5.83. The molecule has 0 saturated carbocycles. The van der Waals surface area contributed by atoms with Crippen molar-refractivity contribution in [3.05, 3.63) is 54.6 Å². The number of allylic oxidation sites excluding steroid dienone is 1. The molecule has 0 heterocycles. The molecule has 0 bridgehead atoms. The molecule has 17 heavy (non-hydrogen) atoms. The van der Waals surface area contributed by atoms with Crippen LogP contribution in [0.2, 0.25) is 0 Å². The Morgan fingerprint density at radius 3 is 2.71 bits per heavy atom. The maximum Gasteiger partial charge on any atom is 0.330 e. The van der Waals surface area contributed by atoms with Crippen molar-refractivity contribution in [2.75, 3.05) is 6.61 Å². The zero-order valence-electron chi connectivity index (χ0n) is 9.97. The van der Waals surface area contributed by atoms with Crippen LogP contribution in [0.3, 0.4) is 0 Å². The second-order valence-corrected chi connectivity index (χ2v) is 3.68. The molecular formula is C15H18O2. The zero-order chi connectivity index (χ0) is 12.3. The molecule has 0 aromatic heterocycles. The van der Waals surface area contributed by atoms with Crippen molar-refractivity contribution in [1.29, 1.82) is 0 Å². The average molecular weight is 230 g/mol. The van der Waals surface area contributed by atoms with E-state index in [4.69, 9.17) is 4.74 Å². The molecule has 0 fully saturated rings. The molecule has 0 saturated heterocycles. The summed E-state index contributed by atoms with van der Waals surface area (Å²) >= 11 is 0. The zero-order valence-corrected chi connectivity index (χ0v) is 9.97. The van der Waals surface area contributed by atoms with E-state index >= 15 is 0 Å². The normalized spacial score (nSPS) is 10.4. The van der Waals surface area contributed by atoms with E-state index in [-0.39, 0.29) is 5.97 Å². The number of unbranched alkanes of at least 4 members (excludes halogenated alkanes) is 2. The highest BCUT2D eigenvalue weighted by molar-refractivity contribution is 5.81. The minimum atomic E-state index is -0.343. The molecule has 2 heteroatoms. The standard InChI is InChI=1S/C15H18O2/c1-2-15(16)17-13-9-4-3-6-10-14-11-7-5-8-12-14/h2,5-8,10-12H,1,3-4,9,13H2/b10-6+. The lowest BCUT2D eigenvalue weighted by atomic mass is 10.2. The van der Waals surface area contributed by atoms with Gasteiger partial charge >= 0.3 is 5.97 Å². The molecule has 2 nitrogen and oxygen atoms in total. The fraction of sp³-hybridized carbons (Fsp3) is 0.267. The lowest BCUT2D eigenvalue weighted by Gasteiger charge is -1.99. The first kappa shape index (κ1) is 13.2. The van der Waals surface area contributed by atoms with Crippen molar-refractivity contribution < 1.29 is 9.53 Å². The minimum Gasteiger partial charge on any atom is -0.463 e. The van der Waals surface area contributed by atoms with Gasteiger partial charge in [0.2, 0.25) is 0 Å². The van der Waals surface area contributed by atoms with Crippen molar-refractivity contribution in [3.8, 4) is 0 Å². The topological polar surface area (TPSA) is 26.3 Å². The van der Waals surface area contributed by atoms with Gasteiger partial charge in [-0.05, 0) is 24.8 Å². The highest BCUT2D eigenvalue weighted by atomic mass is 16.5. The summed E-state index contributed by atoms with van der Waals surface area (Å²) in [4.78, 5) is 10.7. The number of hydrogen-bond donors (Lipinski definition) is 0. The smallest absolute Gasteiger partial charge is 0.330 e. The predicted octanol–water partition coefficient (Wildman–Crippen LogP) is 3.60. The van der Waals surface area contributed by atoms with Crippen molar-refractivity contribution in [2.45, 2.75) is 19.3 Å². The Labute approximate surface area is 103 Å². The quantitative estimate of drug-likeness (QED) is 0.406. The second kappa shape index (κ2) is 8.34. The van der Waals surface area contributed by atoms with Crippen molar-refractivity contribution in [1.82, 2.24) is 0 Å². The van der Waals surface area contributed by atoms with Crippen LogP contribution in [0.15, 0.2) is 49.1 Å². The fourth-order valence-electron chi connectivity index (χ4n) is 1.38. The van der Waals surface area contributed by atoms with Crippen molar-refractivity contribution in [2.24, 2.45) is 0 Å². The van der Waals surface area contributed by atoms with E-state index in [9.17, 15) is 4.79 Å². The van der Waals surface area contributed by atoms with E-state index in [0.717, 1.165) is 19.3 Å². The van der Waals surface area contributed by atoms with Gasteiger partial charge in [-0.3, -0.25) is 0 Å². The van der Waals surface area contributed by atoms with Gasteiger partial charge in [-0.25, -0.2) is 4.79 Å². The van der Waals surface area contributed by atoms with E-state index in [1.807, 2.05) is 18.2 Å². The number of benzene rings is 1. The van der Waals surface area contributed by atoms with Crippen LogP contribution in [0.1, 0.15) is 24.8 Å². The molecule has 0 atom stereocenters. The first-order chi connectivity index (χ1) is 8.33. The molecule has 1 aromatic rings. The molecular weight excluding hydrogens is 212 g/mol. The number of carbonyl (C=O) groups excluding carboxylic acids is 1. The number of esters is 1. The second-order valence-electron chi connectivity index (χ2n) is 3.68. The molecule has 0 radical (unpaired) electrons. The van der Waals surface area contributed by atoms with E-state index in [2.05, 4.69) is 30.9 Å². The highest BCUT2D eigenvalue weighted by Crippen LogP contribution is 2.04. The van der Waals surface area contributed by atoms with Crippen molar-refractivity contribution in [3.63, 3.8) is 0 Å². The molecule has 0 aliphatic heterocycles. The van der Waals surface area contributed by atoms with Gasteiger partial charge in [0, 0.05) is 6.08 Å². The average Bonchev–Trinajstić information content (AvgIpc) is 2.38. The SMILES string of the molecule is C=CC(=O)OCCCC/C=C/c1ccccc1. The van der Waals surface area contributed by atoms with Crippen LogP contribution < -0.4 is 0 Å². The van der Waals surface area contributed by atoms with Crippen LogP contribution in [0.25, 0.3) is 6.08 Å². The third-order valence-corrected chi connectivity index (χ3v) is 2.29. The Kier molecular flexibility index (Phi) is 6.49. The van der Waals surface area contributed by atoms with Crippen LogP contribution in [0, 0.1) is 0 Å². The fourth-order valence-corrected chi connectivity index (χ4v) is 1.38. The molecule has 1 aromatic carbocycles. The Hall–Kier alpha value is -1.83. The molecule has 1 rings (SSSR count). The van der Waals surface area contributed by atoms with Gasteiger partial charge in [0.25, 0.3) is 0 Å². The third-order valence-electron chi connectivity index (χ3n) is 2.29. The van der Waals surface area contributed by atoms with E-state index in [1.54, 1.807) is 0 Å². The summed E-state index contributed by atoms with van der Waals surface area (Å²) in [5.74, 6) is -0.343. The number of carbonyl (C=O) groups is 1. The highest BCUT2D eigenvalue weighted by Gasteiger charge is 1.93. The van der Waals surface area contributed by atoms with Gasteiger partial charge in [0.15, 0.2) is 0 Å². The van der Waals surface area contributed by atoms with Crippen LogP contribution in [-0.2, 0) is 9.53 Å². The molecule has 0 spiro atoms. The van der Waals surface area contributed by atoms with Gasteiger partial charge in [-0.1, -0.05) is 49.1 Å². The van der Waals surface area contributed by atoms with Gasteiger partial charge < -0.3 is 4.74 Å². The summed E-state index contributed by atoms with van der Waals surface area (Å²) in [5.41, 5.74) is 1.21. The summed E-state index contributed by atoms with van der Waals surface area (Å²) in [6.45, 7) is 3.81. The van der Waals surface area contributed by atoms with Gasteiger partial charge in [-0.2, -0.15) is 0 Å². The van der Waals surface area contributed by atoms with Gasteiger partial charge in [-0.15, -0.1) is 0 Å². The summed E-state index contributed by atoms with van der Waals surface area (Å²) in [6, 6.07) is 10.2. The number of hydrogen-bond acceptors (Lipinski definition) is 2. The van der Waals surface area contributed by atoms with E-state index < -0.39 is 0 Å². The van der Waals surface area contributed by atoms with Crippen molar-refractivity contribution >= 4 is 12.0 Å². The molecule has 0 aliphatic rings. The molecule has 0 aliphatic carbocycles. The lowest BCUT2D eigenvalue weighted by Crippen LogP contribution is -2.01. The summed E-state index contributed by atoms with van der Waals surface area (Å²) < 4.78 is 4.87. The molecule has 90 valence electrons. The molecule has 0 N–H and O–H groups in total. The van der Waals surface area contributed by atoms with Crippen LogP contribution >= 0.6 is 0 Å². The maximum atomic E-state index is 10.7. The Morgan fingerprint density at radius 2 is 2.00 bits per heavy atom. The van der Waals surface area contributed by atoms with E-state index in [0.29, 0.717) is 6.61 Å². The van der Waals surface area contributed by atoms with Crippen LogP contribution in [-0.4, -0.2) is 12.6 Å². The molecule has 0 unspecified atom stereocenters. The molecule has 0 amide bonds. The van der Waals surface area contributed by atoms with E-state index in [1.165, 1.54) is 11.6 Å². The largest absolute Gasteiger partial charge is 0.463 e. The summed E-state index contributed by atoms with van der Waals surface area (Å²) in [6.07, 6.45) is 8.35. The van der Waals surface area contributed by atoms with Crippen LogP contribution in [0.4, 0.5) is 0 Å². The number of rotatable bonds is 7. The first-order valence-electron chi connectivity index (χ1n) is 5.83. The lowest BCUT2D eigenvalue weighted by molar-refractivity contribution is -0.137. The Bertz CT molecular complexity index is 366. The summed E-state index contributed by atoms with van der Waals surface area (Å²) in [7, 11) is 0. The monoisotopic (exact) mass is 230 g/mol. The Morgan fingerprint density at radius 1 is 1.24 bits per heavy atom. The van der Waals surface area contributed by atoms with Gasteiger partial charge in [0.05, 0.1) is 6.61 Å². The third kappa shape index (κ3) is 6.36. The summed E-state index contributed by atoms with van der Waals surface area (Å²) in [5, 5.41) is 0. The van der Waals surface area contributed by atoms with Gasteiger partial charge in [0.1, 0.15) is 0 Å². The number of ether oxygens (including phenoxy) is 1. The Balaban J connectivity index is 2.06. The van der Waals surface area contributed by atoms with Crippen LogP contribution in [0.5, 0.6) is 0 Å². The predicted molar refractivity (Wildman–Crippen MR) is 70.5 cm³/mol. The maximum absolute atomic E-state index is 10.7. The minimum absolute atomic E-state index is 0.343.